The van der Waals surface area contributed by atoms with Crippen molar-refractivity contribution in [3.05, 3.63) is 64.8 Å². The Labute approximate surface area is 164 Å². The first-order valence-corrected chi connectivity index (χ1v) is 9.12. The summed E-state index contributed by atoms with van der Waals surface area (Å²) in [6.45, 7) is 1.41. The lowest BCUT2D eigenvalue weighted by Gasteiger charge is -2.15. The molecule has 27 heavy (non-hydrogen) atoms. The monoisotopic (exact) mass is 403 g/mol. The highest BCUT2D eigenvalue weighted by Crippen LogP contribution is 2.38. The van der Waals surface area contributed by atoms with Crippen LogP contribution in [0, 0.1) is 5.82 Å². The van der Waals surface area contributed by atoms with E-state index in [0.717, 1.165) is 16.7 Å². The minimum Gasteiger partial charge on any atom is -0.479 e. The number of carboxylic acids is 1. The Morgan fingerprint density at radius 3 is 2.63 bits per heavy atom. The maximum atomic E-state index is 14.1. The molecule has 0 radical (unpaired) electrons. The van der Waals surface area contributed by atoms with Gasteiger partial charge in [0, 0.05) is 5.56 Å². The Bertz CT molecular complexity index is 960. The molecule has 1 N–H and O–H groups in total. The Balaban J connectivity index is 1.93. The number of thiocarbonyl (C=S) groups is 1. The quantitative estimate of drug-likeness (QED) is 0.599. The molecule has 138 valence electrons. The van der Waals surface area contributed by atoms with E-state index in [1.165, 1.54) is 25.1 Å². The van der Waals surface area contributed by atoms with Crippen LogP contribution in [0.15, 0.2) is 53.4 Å². The van der Waals surface area contributed by atoms with Crippen molar-refractivity contribution >= 4 is 51.9 Å². The summed E-state index contributed by atoms with van der Waals surface area (Å²) in [5.74, 6) is -1.77. The summed E-state index contributed by atoms with van der Waals surface area (Å²) in [7, 11) is 0. The number of para-hydroxylation sites is 2. The number of aliphatic carboxylic acids is 1. The van der Waals surface area contributed by atoms with Crippen LogP contribution in [-0.2, 0) is 9.59 Å². The third-order valence-electron chi connectivity index (χ3n) is 3.74. The molecular weight excluding hydrogens is 389 g/mol. The van der Waals surface area contributed by atoms with E-state index >= 15 is 0 Å². The minimum absolute atomic E-state index is 0.0902. The van der Waals surface area contributed by atoms with Crippen LogP contribution in [0.5, 0.6) is 5.75 Å². The van der Waals surface area contributed by atoms with Gasteiger partial charge >= 0.3 is 5.97 Å². The van der Waals surface area contributed by atoms with E-state index < -0.39 is 23.8 Å². The number of carboxylic acid groups (broad SMARTS) is 1. The molecule has 1 aliphatic heterocycles. The number of hydrogen-bond acceptors (Lipinski definition) is 5. The van der Waals surface area contributed by atoms with E-state index in [2.05, 4.69) is 0 Å². The summed E-state index contributed by atoms with van der Waals surface area (Å²) in [4.78, 5) is 25.2. The number of nitrogens with zero attached hydrogens (tertiary/aromatic N) is 1. The lowest BCUT2D eigenvalue weighted by molar-refractivity contribution is -0.144. The fourth-order valence-corrected chi connectivity index (χ4v) is 3.67. The van der Waals surface area contributed by atoms with Crippen LogP contribution in [-0.4, -0.2) is 27.4 Å². The summed E-state index contributed by atoms with van der Waals surface area (Å²) in [5, 5.41) is 9.02. The molecule has 2 aromatic rings. The van der Waals surface area contributed by atoms with Gasteiger partial charge in [0.2, 0.25) is 0 Å². The first-order chi connectivity index (χ1) is 12.9. The zero-order chi connectivity index (χ0) is 19.6. The smallest absolute Gasteiger partial charge is 0.344 e. The van der Waals surface area contributed by atoms with E-state index in [9.17, 15) is 14.0 Å². The normalized spacial score (nSPS) is 16.7. The molecule has 1 atom stereocenters. The van der Waals surface area contributed by atoms with Crippen LogP contribution in [0.2, 0.25) is 0 Å². The highest BCUT2D eigenvalue weighted by Gasteiger charge is 2.34. The Hall–Kier alpha value is -2.71. The van der Waals surface area contributed by atoms with Gasteiger partial charge in [-0.05, 0) is 31.2 Å². The van der Waals surface area contributed by atoms with Crippen molar-refractivity contribution in [1.29, 1.82) is 0 Å². The lowest BCUT2D eigenvalue weighted by atomic mass is 10.1. The van der Waals surface area contributed by atoms with Gasteiger partial charge in [-0.15, -0.1) is 0 Å². The number of rotatable bonds is 5. The molecule has 0 saturated carbocycles. The average Bonchev–Trinajstić information content (AvgIpc) is 2.90. The average molecular weight is 403 g/mol. The maximum absolute atomic E-state index is 14.1. The summed E-state index contributed by atoms with van der Waals surface area (Å²) >= 11 is 6.29. The number of thioether (sulfide) groups is 1. The highest BCUT2D eigenvalue weighted by molar-refractivity contribution is 8.27. The van der Waals surface area contributed by atoms with Crippen LogP contribution in [0.3, 0.4) is 0 Å². The number of benzene rings is 2. The molecule has 1 unspecified atom stereocenters. The van der Waals surface area contributed by atoms with Gasteiger partial charge in [0.15, 0.2) is 10.4 Å². The number of amides is 1. The number of carbonyl (C=O) groups is 2. The third kappa shape index (κ3) is 4.01. The van der Waals surface area contributed by atoms with E-state index in [1.54, 1.807) is 36.4 Å². The second kappa shape index (κ2) is 7.89. The molecule has 1 amide bonds. The summed E-state index contributed by atoms with van der Waals surface area (Å²) < 4.78 is 19.7. The molecule has 3 rings (SSSR count). The molecule has 2 aromatic carbocycles. The van der Waals surface area contributed by atoms with Gasteiger partial charge in [-0.1, -0.05) is 54.3 Å². The van der Waals surface area contributed by atoms with Gasteiger partial charge in [-0.3, -0.25) is 9.69 Å². The predicted molar refractivity (Wildman–Crippen MR) is 106 cm³/mol. The van der Waals surface area contributed by atoms with Crippen molar-refractivity contribution in [2.24, 2.45) is 0 Å². The Morgan fingerprint density at radius 2 is 1.93 bits per heavy atom. The molecule has 1 heterocycles. The van der Waals surface area contributed by atoms with Gasteiger partial charge in [0.05, 0.1) is 10.6 Å². The second-order valence-electron chi connectivity index (χ2n) is 5.60. The number of carbonyl (C=O) groups excluding carboxylic acids is 1. The van der Waals surface area contributed by atoms with Crippen LogP contribution in [0.1, 0.15) is 12.5 Å². The third-order valence-corrected chi connectivity index (χ3v) is 5.05. The van der Waals surface area contributed by atoms with Crippen LogP contribution in [0.4, 0.5) is 10.1 Å². The molecule has 0 aliphatic carbocycles. The Morgan fingerprint density at radius 1 is 1.26 bits per heavy atom. The molecule has 0 aromatic heterocycles. The van der Waals surface area contributed by atoms with E-state index in [-0.39, 0.29) is 10.0 Å². The van der Waals surface area contributed by atoms with E-state index in [0.29, 0.717) is 16.2 Å². The number of hydrogen-bond donors (Lipinski definition) is 1. The summed E-state index contributed by atoms with van der Waals surface area (Å²) in [6, 6.07) is 12.6. The SMILES string of the molecule is CC(Oc1ccccc1/C=C1/SC(=S)N(c2ccccc2F)C1=O)C(=O)O. The number of halogens is 1. The maximum Gasteiger partial charge on any atom is 0.344 e. The van der Waals surface area contributed by atoms with Crippen LogP contribution >= 0.6 is 24.0 Å². The van der Waals surface area contributed by atoms with Crippen LogP contribution < -0.4 is 9.64 Å². The molecule has 0 spiro atoms. The van der Waals surface area contributed by atoms with Gasteiger partial charge in [-0.2, -0.15) is 0 Å². The zero-order valence-corrected chi connectivity index (χ0v) is 15.7. The molecule has 1 saturated heterocycles. The molecule has 1 fully saturated rings. The molecule has 8 heteroatoms. The summed E-state index contributed by atoms with van der Waals surface area (Å²) in [5.41, 5.74) is 0.618. The van der Waals surface area contributed by atoms with Crippen molar-refractivity contribution in [3.8, 4) is 5.75 Å². The number of anilines is 1. The van der Waals surface area contributed by atoms with E-state index in [1.807, 2.05) is 0 Å². The lowest BCUT2D eigenvalue weighted by Crippen LogP contribution is -2.28. The molecular formula is C19H14FNO4S2. The van der Waals surface area contributed by atoms with Gasteiger partial charge in [-0.25, -0.2) is 9.18 Å². The first kappa shape index (κ1) is 19.1. The van der Waals surface area contributed by atoms with Crippen molar-refractivity contribution in [3.63, 3.8) is 0 Å². The fraction of sp³-hybridized carbons (Fsp3) is 0.105. The van der Waals surface area contributed by atoms with Crippen molar-refractivity contribution in [2.75, 3.05) is 4.90 Å². The Kier molecular flexibility index (Phi) is 5.57. The highest BCUT2D eigenvalue weighted by atomic mass is 32.2. The zero-order valence-electron chi connectivity index (χ0n) is 14.1. The topological polar surface area (TPSA) is 66.8 Å². The fourth-order valence-electron chi connectivity index (χ4n) is 2.40. The second-order valence-corrected chi connectivity index (χ2v) is 7.28. The van der Waals surface area contributed by atoms with Gasteiger partial charge in [0.25, 0.3) is 5.91 Å². The van der Waals surface area contributed by atoms with Crippen molar-refractivity contribution in [2.45, 2.75) is 13.0 Å². The molecule has 1 aliphatic rings. The number of ether oxygens (including phenoxy) is 1. The van der Waals surface area contributed by atoms with Crippen LogP contribution in [0.25, 0.3) is 6.08 Å². The summed E-state index contributed by atoms with van der Waals surface area (Å²) in [6.07, 6.45) is 0.511. The molecule has 5 nitrogen and oxygen atoms in total. The van der Waals surface area contributed by atoms with Gasteiger partial charge in [0.1, 0.15) is 11.6 Å². The standard InChI is InChI=1S/C19H14FNO4S2/c1-11(18(23)24)25-15-9-5-2-6-12(15)10-16-17(22)21(19(26)27-16)14-8-4-3-7-13(14)20/h2-11H,1H3,(H,23,24)/b16-10+. The van der Waals surface area contributed by atoms with Gasteiger partial charge < -0.3 is 9.84 Å². The van der Waals surface area contributed by atoms with E-state index in [4.69, 9.17) is 22.1 Å². The predicted octanol–water partition coefficient (Wildman–Crippen LogP) is 4.08. The van der Waals surface area contributed by atoms with Crippen molar-refractivity contribution in [1.82, 2.24) is 0 Å². The largest absolute Gasteiger partial charge is 0.479 e. The van der Waals surface area contributed by atoms with Crippen molar-refractivity contribution < 1.29 is 23.8 Å². The first-order valence-electron chi connectivity index (χ1n) is 7.89. The minimum atomic E-state index is -1.10. The molecule has 0 bridgehead atoms.